The van der Waals surface area contributed by atoms with Crippen molar-refractivity contribution in [2.45, 2.75) is 12.3 Å². The van der Waals surface area contributed by atoms with Gasteiger partial charge in [-0.05, 0) is 36.1 Å². The van der Waals surface area contributed by atoms with Crippen molar-refractivity contribution in [3.05, 3.63) is 58.9 Å². The summed E-state index contributed by atoms with van der Waals surface area (Å²) >= 11 is 6.18. The van der Waals surface area contributed by atoms with Gasteiger partial charge in [0.25, 0.3) is 0 Å². The van der Waals surface area contributed by atoms with Gasteiger partial charge in [-0.3, -0.25) is 4.79 Å². The Hall–Kier alpha value is -2.11. The van der Waals surface area contributed by atoms with Gasteiger partial charge >= 0.3 is 0 Å². The van der Waals surface area contributed by atoms with Crippen LogP contribution in [0.2, 0.25) is 5.02 Å². The van der Waals surface area contributed by atoms with Crippen LogP contribution in [0, 0.1) is 11.7 Å². The quantitative estimate of drug-likeness (QED) is 0.748. The molecule has 1 amide bonds. The number of hydrogen-bond donors (Lipinski definition) is 1. The minimum Gasteiger partial charge on any atom is -0.488 e. The summed E-state index contributed by atoms with van der Waals surface area (Å²) in [6, 6.07) is 11.9. The molecule has 1 aliphatic carbocycles. The van der Waals surface area contributed by atoms with Crippen LogP contribution < -0.4 is 10.1 Å². The zero-order chi connectivity index (χ0) is 17.8. The van der Waals surface area contributed by atoms with Crippen molar-refractivity contribution in [2.24, 2.45) is 5.92 Å². The molecule has 1 N–H and O–H groups in total. The first kappa shape index (κ1) is 17.7. The number of halogens is 2. The fourth-order valence-electron chi connectivity index (χ4n) is 2.77. The molecule has 2 unspecified atom stereocenters. The Balaban J connectivity index is 1.59. The number of benzene rings is 2. The highest BCUT2D eigenvalue weighted by molar-refractivity contribution is 6.31. The SMILES string of the molecule is COCCOc1ccc(NC(=O)C2CC2c2ccccc2Cl)cc1F. The van der Waals surface area contributed by atoms with Crippen LogP contribution in [0.3, 0.4) is 0 Å². The summed E-state index contributed by atoms with van der Waals surface area (Å²) in [6.45, 7) is 0.643. The molecule has 0 aromatic heterocycles. The predicted molar refractivity (Wildman–Crippen MR) is 94.7 cm³/mol. The van der Waals surface area contributed by atoms with Crippen LogP contribution in [0.5, 0.6) is 5.75 Å². The normalized spacial score (nSPS) is 18.7. The molecule has 0 heterocycles. The number of rotatable bonds is 7. The van der Waals surface area contributed by atoms with E-state index in [1.807, 2.05) is 24.3 Å². The highest BCUT2D eigenvalue weighted by atomic mass is 35.5. The minimum atomic E-state index is -0.521. The number of anilines is 1. The Morgan fingerprint density at radius 1 is 1.28 bits per heavy atom. The van der Waals surface area contributed by atoms with E-state index in [0.29, 0.717) is 17.3 Å². The molecule has 1 aliphatic rings. The maximum Gasteiger partial charge on any atom is 0.228 e. The fraction of sp³-hybridized carbons (Fsp3) is 0.316. The molecular formula is C19H19ClFNO3. The highest BCUT2D eigenvalue weighted by Crippen LogP contribution is 2.50. The predicted octanol–water partition coefficient (Wildman–Crippen LogP) is 4.25. The molecule has 0 spiro atoms. The second-order valence-corrected chi connectivity index (χ2v) is 6.35. The largest absolute Gasteiger partial charge is 0.488 e. The Labute approximate surface area is 150 Å². The van der Waals surface area contributed by atoms with Gasteiger partial charge in [-0.25, -0.2) is 4.39 Å². The smallest absolute Gasteiger partial charge is 0.228 e. The number of methoxy groups -OCH3 is 1. The average Bonchev–Trinajstić information content (AvgIpc) is 3.38. The second kappa shape index (κ2) is 7.85. The van der Waals surface area contributed by atoms with Gasteiger partial charge in [0.15, 0.2) is 11.6 Å². The first-order chi connectivity index (χ1) is 12.1. The Morgan fingerprint density at radius 3 is 2.80 bits per heavy atom. The maximum atomic E-state index is 14.0. The number of nitrogens with one attached hydrogen (secondary N) is 1. The fourth-order valence-corrected chi connectivity index (χ4v) is 3.05. The molecule has 0 bridgehead atoms. The van der Waals surface area contributed by atoms with Gasteiger partial charge in [0.1, 0.15) is 6.61 Å². The van der Waals surface area contributed by atoms with E-state index in [4.69, 9.17) is 21.1 Å². The number of carbonyl (C=O) groups excluding carboxylic acids is 1. The molecule has 0 saturated heterocycles. The van der Waals surface area contributed by atoms with Crippen LogP contribution in [0.1, 0.15) is 17.9 Å². The lowest BCUT2D eigenvalue weighted by Gasteiger charge is -2.09. The lowest BCUT2D eigenvalue weighted by atomic mass is 10.1. The Morgan fingerprint density at radius 2 is 2.08 bits per heavy atom. The van der Waals surface area contributed by atoms with Crippen molar-refractivity contribution in [3.8, 4) is 5.75 Å². The van der Waals surface area contributed by atoms with E-state index in [-0.39, 0.29) is 30.1 Å². The van der Waals surface area contributed by atoms with E-state index >= 15 is 0 Å². The molecule has 4 nitrogen and oxygen atoms in total. The van der Waals surface area contributed by atoms with Gasteiger partial charge in [0.05, 0.1) is 6.61 Å². The molecule has 132 valence electrons. The van der Waals surface area contributed by atoms with E-state index in [9.17, 15) is 9.18 Å². The molecule has 2 aromatic rings. The van der Waals surface area contributed by atoms with Crippen molar-refractivity contribution in [2.75, 3.05) is 25.6 Å². The summed E-state index contributed by atoms with van der Waals surface area (Å²) in [6.07, 6.45) is 0.746. The second-order valence-electron chi connectivity index (χ2n) is 5.95. The van der Waals surface area contributed by atoms with Gasteiger partial charge < -0.3 is 14.8 Å². The van der Waals surface area contributed by atoms with Gasteiger partial charge in [-0.1, -0.05) is 29.8 Å². The zero-order valence-corrected chi connectivity index (χ0v) is 14.6. The lowest BCUT2D eigenvalue weighted by Crippen LogP contribution is -2.15. The Bertz CT molecular complexity index is 768. The summed E-state index contributed by atoms with van der Waals surface area (Å²) in [4.78, 5) is 12.4. The zero-order valence-electron chi connectivity index (χ0n) is 13.8. The first-order valence-corrected chi connectivity index (χ1v) is 8.44. The average molecular weight is 364 g/mol. The van der Waals surface area contributed by atoms with Crippen LogP contribution in [0.4, 0.5) is 10.1 Å². The monoisotopic (exact) mass is 363 g/mol. The summed E-state index contributed by atoms with van der Waals surface area (Å²) in [7, 11) is 1.55. The van der Waals surface area contributed by atoms with Crippen LogP contribution in [0.25, 0.3) is 0 Å². The first-order valence-electron chi connectivity index (χ1n) is 8.06. The van der Waals surface area contributed by atoms with Crippen molar-refractivity contribution in [1.29, 1.82) is 0 Å². The van der Waals surface area contributed by atoms with Crippen LogP contribution in [-0.2, 0) is 9.53 Å². The lowest BCUT2D eigenvalue weighted by molar-refractivity contribution is -0.117. The van der Waals surface area contributed by atoms with Crippen molar-refractivity contribution >= 4 is 23.2 Å². The summed E-state index contributed by atoms with van der Waals surface area (Å²) in [5, 5.41) is 3.43. The van der Waals surface area contributed by atoms with Gasteiger partial charge in [-0.2, -0.15) is 0 Å². The van der Waals surface area contributed by atoms with E-state index in [2.05, 4.69) is 5.32 Å². The third-order valence-electron chi connectivity index (χ3n) is 4.18. The molecule has 0 aliphatic heterocycles. The van der Waals surface area contributed by atoms with Gasteiger partial charge in [0.2, 0.25) is 5.91 Å². The molecule has 3 rings (SSSR count). The Kier molecular flexibility index (Phi) is 5.56. The van der Waals surface area contributed by atoms with Crippen molar-refractivity contribution in [3.63, 3.8) is 0 Å². The molecule has 1 saturated carbocycles. The summed E-state index contributed by atoms with van der Waals surface area (Å²) in [5.41, 5.74) is 1.39. The third-order valence-corrected chi connectivity index (χ3v) is 4.52. The van der Waals surface area contributed by atoms with Crippen LogP contribution >= 0.6 is 11.6 Å². The highest BCUT2D eigenvalue weighted by Gasteiger charge is 2.44. The topological polar surface area (TPSA) is 47.6 Å². The minimum absolute atomic E-state index is 0.121. The van der Waals surface area contributed by atoms with Gasteiger partial charge in [0, 0.05) is 29.8 Å². The van der Waals surface area contributed by atoms with Crippen molar-refractivity contribution < 1.29 is 18.7 Å². The van der Waals surface area contributed by atoms with E-state index in [1.54, 1.807) is 13.2 Å². The standard InChI is InChI=1S/C19H19ClFNO3/c1-24-8-9-25-18-7-6-12(10-17(18)21)22-19(23)15-11-14(15)13-4-2-3-5-16(13)20/h2-7,10,14-15H,8-9,11H2,1H3,(H,22,23). The number of amides is 1. The van der Waals surface area contributed by atoms with Crippen LogP contribution in [-0.4, -0.2) is 26.2 Å². The van der Waals surface area contributed by atoms with Crippen LogP contribution in [0.15, 0.2) is 42.5 Å². The molecule has 2 atom stereocenters. The maximum absolute atomic E-state index is 14.0. The molecule has 25 heavy (non-hydrogen) atoms. The number of hydrogen-bond acceptors (Lipinski definition) is 3. The van der Waals surface area contributed by atoms with Gasteiger partial charge in [-0.15, -0.1) is 0 Å². The van der Waals surface area contributed by atoms with E-state index in [0.717, 1.165) is 12.0 Å². The molecule has 1 fully saturated rings. The van der Waals surface area contributed by atoms with Crippen molar-refractivity contribution in [1.82, 2.24) is 0 Å². The molecule has 2 aromatic carbocycles. The van der Waals surface area contributed by atoms with E-state index in [1.165, 1.54) is 12.1 Å². The number of carbonyl (C=O) groups is 1. The molecule has 0 radical (unpaired) electrons. The summed E-state index contributed by atoms with van der Waals surface area (Å²) in [5.74, 6) is -0.532. The third kappa shape index (κ3) is 4.30. The summed E-state index contributed by atoms with van der Waals surface area (Å²) < 4.78 is 24.1. The molecule has 6 heteroatoms. The van der Waals surface area contributed by atoms with E-state index < -0.39 is 5.82 Å². The molecular weight excluding hydrogens is 345 g/mol. The number of ether oxygens (including phenoxy) is 2.